The van der Waals surface area contributed by atoms with E-state index in [-0.39, 0.29) is 11.6 Å². The predicted octanol–water partition coefficient (Wildman–Crippen LogP) is 0.521. The van der Waals surface area contributed by atoms with Crippen LogP contribution in [0.5, 0.6) is 0 Å². The number of aromatic nitrogens is 2. The molecule has 2 rings (SSSR count). The minimum Gasteiger partial charge on any atom is -0.480 e. The van der Waals surface area contributed by atoms with Crippen molar-refractivity contribution < 1.29 is 14.7 Å². The summed E-state index contributed by atoms with van der Waals surface area (Å²) in [7, 11) is 0. The van der Waals surface area contributed by atoms with E-state index < -0.39 is 17.4 Å². The molecule has 0 aliphatic heterocycles. The van der Waals surface area contributed by atoms with E-state index in [0.29, 0.717) is 0 Å². The summed E-state index contributed by atoms with van der Waals surface area (Å²) in [6.07, 6.45) is 1.66. The Morgan fingerprint density at radius 1 is 1.62 bits per heavy atom. The van der Waals surface area contributed by atoms with Crippen molar-refractivity contribution in [3.8, 4) is 0 Å². The number of nitrogens with one attached hydrogen (secondary N) is 1. The van der Waals surface area contributed by atoms with Crippen molar-refractivity contribution >= 4 is 23.4 Å². The van der Waals surface area contributed by atoms with Gasteiger partial charge in [0.15, 0.2) is 5.69 Å². The van der Waals surface area contributed by atoms with Crippen molar-refractivity contribution in [1.82, 2.24) is 14.9 Å². The summed E-state index contributed by atoms with van der Waals surface area (Å²) >= 11 is 1.06. The fraction of sp³-hybridized carbons (Fsp3) is 0.556. The van der Waals surface area contributed by atoms with Crippen molar-refractivity contribution in [2.24, 2.45) is 5.92 Å². The molecule has 86 valence electrons. The van der Waals surface area contributed by atoms with Crippen LogP contribution in [0.1, 0.15) is 30.3 Å². The zero-order valence-corrected chi connectivity index (χ0v) is 9.45. The Balaban J connectivity index is 2.12. The topological polar surface area (TPSA) is 92.2 Å². The van der Waals surface area contributed by atoms with Crippen molar-refractivity contribution in [2.75, 3.05) is 0 Å². The van der Waals surface area contributed by atoms with Gasteiger partial charge >= 0.3 is 5.97 Å². The van der Waals surface area contributed by atoms with Gasteiger partial charge in [-0.15, -0.1) is 5.10 Å². The van der Waals surface area contributed by atoms with Crippen LogP contribution in [0.4, 0.5) is 0 Å². The minimum absolute atomic E-state index is 0.0144. The molecule has 7 heteroatoms. The summed E-state index contributed by atoms with van der Waals surface area (Å²) in [5.41, 5.74) is -1.03. The fourth-order valence-electron chi connectivity index (χ4n) is 1.55. The van der Waals surface area contributed by atoms with Gasteiger partial charge in [0, 0.05) is 5.38 Å². The number of rotatable bonds is 4. The molecule has 2 N–H and O–H groups in total. The summed E-state index contributed by atoms with van der Waals surface area (Å²) in [6.45, 7) is 1.53. The average molecular weight is 241 g/mol. The molecule has 1 aromatic heterocycles. The highest BCUT2D eigenvalue weighted by molar-refractivity contribution is 7.03. The first-order valence-electron chi connectivity index (χ1n) is 4.87. The van der Waals surface area contributed by atoms with Gasteiger partial charge in [0.2, 0.25) is 0 Å². The summed E-state index contributed by atoms with van der Waals surface area (Å²) in [6, 6.07) is 0. The number of hydrogen-bond donors (Lipinski definition) is 2. The Morgan fingerprint density at radius 2 is 2.31 bits per heavy atom. The van der Waals surface area contributed by atoms with Crippen LogP contribution in [0.25, 0.3) is 0 Å². The summed E-state index contributed by atoms with van der Waals surface area (Å²) in [5.74, 6) is -1.47. The molecule has 0 aromatic carbocycles. The number of nitrogens with zero attached hydrogens (tertiary/aromatic N) is 2. The van der Waals surface area contributed by atoms with Crippen LogP contribution in [-0.2, 0) is 4.79 Å². The molecule has 1 aliphatic carbocycles. The third-order valence-electron chi connectivity index (χ3n) is 2.80. The Kier molecular flexibility index (Phi) is 2.63. The van der Waals surface area contributed by atoms with E-state index in [0.717, 1.165) is 24.4 Å². The maximum Gasteiger partial charge on any atom is 0.329 e. The van der Waals surface area contributed by atoms with Crippen LogP contribution < -0.4 is 5.32 Å². The zero-order chi connectivity index (χ0) is 11.8. The number of carboxylic acids is 1. The number of carboxylic acid groups (broad SMARTS) is 1. The lowest BCUT2D eigenvalue weighted by molar-refractivity contribution is -0.144. The van der Waals surface area contributed by atoms with Crippen LogP contribution >= 0.6 is 11.5 Å². The van der Waals surface area contributed by atoms with Crippen LogP contribution in [0, 0.1) is 5.92 Å². The second-order valence-corrected chi connectivity index (χ2v) is 4.64. The fourth-order valence-corrected chi connectivity index (χ4v) is 1.99. The Labute approximate surface area is 95.8 Å². The van der Waals surface area contributed by atoms with Crippen molar-refractivity contribution in [1.29, 1.82) is 0 Å². The summed E-state index contributed by atoms with van der Waals surface area (Å²) < 4.78 is 3.56. The highest BCUT2D eigenvalue weighted by Gasteiger charge is 2.48. The second-order valence-electron chi connectivity index (χ2n) is 4.03. The maximum atomic E-state index is 11.7. The molecule has 16 heavy (non-hydrogen) atoms. The van der Waals surface area contributed by atoms with E-state index in [2.05, 4.69) is 14.9 Å². The Bertz CT molecular complexity index is 416. The maximum absolute atomic E-state index is 11.7. The molecule has 0 radical (unpaired) electrons. The largest absolute Gasteiger partial charge is 0.480 e. The molecule has 1 unspecified atom stereocenters. The van der Waals surface area contributed by atoms with E-state index in [1.807, 2.05) is 0 Å². The summed E-state index contributed by atoms with van der Waals surface area (Å²) in [4.78, 5) is 22.8. The van der Waals surface area contributed by atoms with Crippen molar-refractivity contribution in [2.45, 2.75) is 25.3 Å². The van der Waals surface area contributed by atoms with Gasteiger partial charge in [-0.25, -0.2) is 4.79 Å². The zero-order valence-electron chi connectivity index (χ0n) is 8.64. The van der Waals surface area contributed by atoms with E-state index >= 15 is 0 Å². The normalized spacial score (nSPS) is 18.8. The van der Waals surface area contributed by atoms with Gasteiger partial charge in [-0.05, 0) is 37.2 Å². The Morgan fingerprint density at radius 3 is 2.75 bits per heavy atom. The van der Waals surface area contributed by atoms with Crippen LogP contribution in [0.3, 0.4) is 0 Å². The summed E-state index contributed by atoms with van der Waals surface area (Å²) in [5, 5.41) is 16.8. The van der Waals surface area contributed by atoms with E-state index in [9.17, 15) is 9.59 Å². The van der Waals surface area contributed by atoms with E-state index in [4.69, 9.17) is 5.11 Å². The molecule has 0 saturated heterocycles. The third kappa shape index (κ3) is 1.90. The molecular formula is C9H11N3O3S. The first-order chi connectivity index (χ1) is 7.54. The molecule has 1 saturated carbocycles. The van der Waals surface area contributed by atoms with Gasteiger partial charge in [-0.3, -0.25) is 4.79 Å². The van der Waals surface area contributed by atoms with Crippen LogP contribution in [0.15, 0.2) is 5.38 Å². The molecule has 1 amide bonds. The predicted molar refractivity (Wildman–Crippen MR) is 56.1 cm³/mol. The lowest BCUT2D eigenvalue weighted by Gasteiger charge is -2.25. The quantitative estimate of drug-likeness (QED) is 0.801. The smallest absolute Gasteiger partial charge is 0.329 e. The number of carbonyl (C=O) groups excluding carboxylic acids is 1. The molecule has 1 atom stereocenters. The average Bonchev–Trinajstić information content (AvgIpc) is 2.94. The van der Waals surface area contributed by atoms with Gasteiger partial charge in [0.25, 0.3) is 5.91 Å². The first-order valence-corrected chi connectivity index (χ1v) is 5.70. The van der Waals surface area contributed by atoms with Gasteiger partial charge in [-0.2, -0.15) is 0 Å². The van der Waals surface area contributed by atoms with E-state index in [1.54, 1.807) is 0 Å². The van der Waals surface area contributed by atoms with Crippen LogP contribution in [0.2, 0.25) is 0 Å². The molecule has 1 aliphatic rings. The standard InChI is InChI=1S/C9H11N3O3S/c1-9(8(14)15,5-2-3-5)10-7(13)6-4-16-12-11-6/h4-5H,2-3H2,1H3,(H,10,13)(H,14,15). The number of carbonyl (C=O) groups is 2. The highest BCUT2D eigenvalue weighted by Crippen LogP contribution is 2.39. The van der Waals surface area contributed by atoms with Gasteiger partial charge in [-0.1, -0.05) is 4.49 Å². The third-order valence-corrected chi connectivity index (χ3v) is 3.31. The number of aliphatic carboxylic acids is 1. The highest BCUT2D eigenvalue weighted by atomic mass is 32.1. The molecular weight excluding hydrogens is 230 g/mol. The minimum atomic E-state index is -1.19. The lowest BCUT2D eigenvalue weighted by Crippen LogP contribution is -2.54. The van der Waals surface area contributed by atoms with Crippen LogP contribution in [-0.4, -0.2) is 32.1 Å². The lowest BCUT2D eigenvalue weighted by atomic mass is 9.96. The van der Waals surface area contributed by atoms with Gasteiger partial charge in [0.05, 0.1) is 0 Å². The van der Waals surface area contributed by atoms with E-state index in [1.165, 1.54) is 12.3 Å². The molecule has 0 spiro atoms. The van der Waals surface area contributed by atoms with Crippen molar-refractivity contribution in [3.63, 3.8) is 0 Å². The number of amides is 1. The van der Waals surface area contributed by atoms with Gasteiger partial charge in [0.1, 0.15) is 5.54 Å². The molecule has 0 bridgehead atoms. The molecule has 1 fully saturated rings. The Hall–Kier alpha value is -1.50. The monoisotopic (exact) mass is 241 g/mol. The molecule has 6 nitrogen and oxygen atoms in total. The van der Waals surface area contributed by atoms with Crippen molar-refractivity contribution in [3.05, 3.63) is 11.1 Å². The second kappa shape index (κ2) is 3.82. The number of hydrogen-bond acceptors (Lipinski definition) is 5. The van der Waals surface area contributed by atoms with Gasteiger partial charge < -0.3 is 10.4 Å². The molecule has 1 heterocycles. The molecule has 1 aromatic rings. The SMILES string of the molecule is CC(NC(=O)c1csnn1)(C(=O)O)C1CC1. The first kappa shape index (κ1) is 11.0.